The molecule has 5 heteroatoms. The van der Waals surface area contributed by atoms with E-state index in [-0.39, 0.29) is 17.9 Å². The lowest BCUT2D eigenvalue weighted by atomic mass is 9.86. The zero-order valence-electron chi connectivity index (χ0n) is 17.6. The average Bonchev–Trinajstić information content (AvgIpc) is 2.83. The van der Waals surface area contributed by atoms with Crippen molar-refractivity contribution in [1.82, 2.24) is 4.90 Å². The summed E-state index contributed by atoms with van der Waals surface area (Å²) in [4.78, 5) is 29.5. The normalized spacial score (nSPS) is 17.8. The second-order valence-electron chi connectivity index (χ2n) is 7.74. The van der Waals surface area contributed by atoms with Crippen molar-refractivity contribution in [1.29, 1.82) is 0 Å². The highest BCUT2D eigenvalue weighted by Gasteiger charge is 2.51. The van der Waals surface area contributed by atoms with E-state index in [1.54, 1.807) is 16.8 Å². The van der Waals surface area contributed by atoms with Crippen LogP contribution in [-0.4, -0.2) is 36.4 Å². The molecule has 3 aromatic rings. The fraction of sp³-hybridized carbons (Fsp3) is 0.231. The monoisotopic (exact) mass is 414 g/mol. The van der Waals surface area contributed by atoms with Gasteiger partial charge in [-0.25, -0.2) is 0 Å². The van der Waals surface area contributed by atoms with Crippen molar-refractivity contribution < 1.29 is 14.3 Å². The maximum Gasteiger partial charge on any atom is 0.242 e. The summed E-state index contributed by atoms with van der Waals surface area (Å²) in [6, 6.07) is 28.9. The van der Waals surface area contributed by atoms with Crippen LogP contribution in [-0.2, 0) is 27.5 Å². The molecule has 0 unspecified atom stereocenters. The summed E-state index contributed by atoms with van der Waals surface area (Å²) in [5.74, 6) is -1.08. The van der Waals surface area contributed by atoms with Crippen LogP contribution in [0.1, 0.15) is 11.1 Å². The second kappa shape index (κ2) is 9.58. The maximum atomic E-state index is 13.6. The van der Waals surface area contributed by atoms with Gasteiger partial charge in [0.1, 0.15) is 5.92 Å². The summed E-state index contributed by atoms with van der Waals surface area (Å²) in [5.41, 5.74) is 2.85. The molecular weight excluding hydrogens is 388 g/mol. The van der Waals surface area contributed by atoms with Crippen LogP contribution in [0.4, 0.5) is 5.69 Å². The highest BCUT2D eigenvalue weighted by atomic mass is 16.5. The third-order valence-corrected chi connectivity index (χ3v) is 5.68. The number of hydrogen-bond donors (Lipinski definition) is 0. The number of anilines is 1. The highest BCUT2D eigenvalue weighted by Crippen LogP contribution is 2.30. The van der Waals surface area contributed by atoms with Crippen molar-refractivity contribution in [2.24, 2.45) is 5.92 Å². The van der Waals surface area contributed by atoms with Gasteiger partial charge in [-0.2, -0.15) is 0 Å². The standard InChI is InChI=1S/C26H26N2O3/c1-27-23(19-31-18-21-13-7-3-8-14-21)24(25(27)29)26(30)28(22-15-9-4-10-16-22)17-20-11-5-2-6-12-20/h2-16,23-24H,17-19H2,1H3/t23-,24+/m0/s1. The molecule has 1 heterocycles. The Morgan fingerprint density at radius 1 is 0.871 bits per heavy atom. The molecule has 4 rings (SSSR count). The SMILES string of the molecule is CN1C(=O)[C@H](C(=O)N(Cc2ccccc2)c2ccccc2)[C@@H]1COCc1ccccc1. The third kappa shape index (κ3) is 4.67. The molecular formula is C26H26N2O3. The number of likely N-dealkylation sites (N-methyl/N-ethyl adjacent to an activating group) is 1. The molecule has 3 aromatic carbocycles. The molecule has 1 aliphatic rings. The Hall–Kier alpha value is -3.44. The molecule has 31 heavy (non-hydrogen) atoms. The minimum absolute atomic E-state index is 0.160. The fourth-order valence-corrected chi connectivity index (χ4v) is 3.88. The smallest absolute Gasteiger partial charge is 0.242 e. The number of benzene rings is 3. The highest BCUT2D eigenvalue weighted by molar-refractivity contribution is 6.11. The molecule has 0 N–H and O–H groups in total. The van der Waals surface area contributed by atoms with E-state index in [0.29, 0.717) is 19.8 Å². The van der Waals surface area contributed by atoms with Crippen LogP contribution in [0.2, 0.25) is 0 Å². The Kier molecular flexibility index (Phi) is 6.43. The second-order valence-corrected chi connectivity index (χ2v) is 7.74. The molecule has 2 atom stereocenters. The van der Waals surface area contributed by atoms with Gasteiger partial charge in [0.25, 0.3) is 0 Å². The number of para-hydroxylation sites is 1. The van der Waals surface area contributed by atoms with Gasteiger partial charge < -0.3 is 14.5 Å². The number of amides is 2. The average molecular weight is 415 g/mol. The molecule has 158 valence electrons. The fourth-order valence-electron chi connectivity index (χ4n) is 3.88. The predicted octanol–water partition coefficient (Wildman–Crippen LogP) is 3.89. The third-order valence-electron chi connectivity index (χ3n) is 5.68. The number of β-lactam (4-membered cyclic amide) rings is 1. The minimum Gasteiger partial charge on any atom is -0.375 e. The molecule has 5 nitrogen and oxygen atoms in total. The van der Waals surface area contributed by atoms with Gasteiger partial charge in [-0.05, 0) is 23.3 Å². The number of likely N-dealkylation sites (tertiary alicyclic amines) is 1. The van der Waals surface area contributed by atoms with Crippen molar-refractivity contribution in [3.05, 3.63) is 102 Å². The van der Waals surface area contributed by atoms with Crippen molar-refractivity contribution in [3.8, 4) is 0 Å². The Balaban J connectivity index is 1.49. The Bertz CT molecular complexity index is 1010. The van der Waals surface area contributed by atoms with Gasteiger partial charge in [-0.15, -0.1) is 0 Å². The first-order valence-corrected chi connectivity index (χ1v) is 10.4. The largest absolute Gasteiger partial charge is 0.375 e. The van der Waals surface area contributed by atoms with Gasteiger partial charge in [0.05, 0.1) is 25.8 Å². The van der Waals surface area contributed by atoms with Gasteiger partial charge in [0.15, 0.2) is 0 Å². The summed E-state index contributed by atoms with van der Waals surface area (Å²) in [5, 5.41) is 0. The zero-order chi connectivity index (χ0) is 21.6. The van der Waals surface area contributed by atoms with E-state index in [1.807, 2.05) is 91.0 Å². The van der Waals surface area contributed by atoms with Gasteiger partial charge in [0, 0.05) is 12.7 Å². The Morgan fingerprint density at radius 3 is 2.03 bits per heavy atom. The summed E-state index contributed by atoms with van der Waals surface area (Å²) in [6.45, 7) is 1.18. The van der Waals surface area contributed by atoms with Crippen molar-refractivity contribution in [2.45, 2.75) is 19.2 Å². The number of carbonyl (C=O) groups excluding carboxylic acids is 2. The molecule has 0 aromatic heterocycles. The van der Waals surface area contributed by atoms with Crippen LogP contribution in [0, 0.1) is 5.92 Å². The molecule has 0 aliphatic carbocycles. The summed E-state index contributed by atoms with van der Waals surface area (Å²) >= 11 is 0. The van der Waals surface area contributed by atoms with Gasteiger partial charge >= 0.3 is 0 Å². The first-order chi connectivity index (χ1) is 15.1. The molecule has 1 saturated heterocycles. The molecule has 0 bridgehead atoms. The summed E-state index contributed by atoms with van der Waals surface area (Å²) < 4.78 is 5.86. The first-order valence-electron chi connectivity index (χ1n) is 10.4. The lowest BCUT2D eigenvalue weighted by Crippen LogP contribution is -2.65. The molecule has 0 saturated carbocycles. The van der Waals surface area contributed by atoms with E-state index >= 15 is 0 Å². The van der Waals surface area contributed by atoms with Gasteiger partial charge in [0.2, 0.25) is 11.8 Å². The number of rotatable bonds is 8. The van der Waals surface area contributed by atoms with Crippen molar-refractivity contribution in [2.75, 3.05) is 18.6 Å². The first kappa shape index (κ1) is 20.8. The van der Waals surface area contributed by atoms with Crippen LogP contribution >= 0.6 is 0 Å². The maximum absolute atomic E-state index is 13.6. The topological polar surface area (TPSA) is 49.9 Å². The lowest BCUT2D eigenvalue weighted by Gasteiger charge is -2.45. The van der Waals surface area contributed by atoms with Crippen LogP contribution in [0.25, 0.3) is 0 Å². The predicted molar refractivity (Wildman–Crippen MR) is 120 cm³/mol. The van der Waals surface area contributed by atoms with E-state index in [0.717, 1.165) is 16.8 Å². The molecule has 1 fully saturated rings. The van der Waals surface area contributed by atoms with E-state index < -0.39 is 5.92 Å². The Labute approximate surface area is 182 Å². The van der Waals surface area contributed by atoms with Gasteiger partial charge in [-0.1, -0.05) is 78.9 Å². The lowest BCUT2D eigenvalue weighted by molar-refractivity contribution is -0.162. The molecule has 1 aliphatic heterocycles. The van der Waals surface area contributed by atoms with E-state index in [2.05, 4.69) is 0 Å². The summed E-state index contributed by atoms with van der Waals surface area (Å²) in [6.07, 6.45) is 0. The van der Waals surface area contributed by atoms with Crippen LogP contribution in [0.5, 0.6) is 0 Å². The number of nitrogens with zero attached hydrogens (tertiary/aromatic N) is 2. The quantitative estimate of drug-likeness (QED) is 0.415. The molecule has 0 radical (unpaired) electrons. The number of hydrogen-bond acceptors (Lipinski definition) is 3. The zero-order valence-corrected chi connectivity index (χ0v) is 17.6. The van der Waals surface area contributed by atoms with Crippen LogP contribution < -0.4 is 4.90 Å². The Morgan fingerprint density at radius 2 is 1.42 bits per heavy atom. The van der Waals surface area contributed by atoms with Crippen molar-refractivity contribution in [3.63, 3.8) is 0 Å². The van der Waals surface area contributed by atoms with Crippen molar-refractivity contribution >= 4 is 17.5 Å². The van der Waals surface area contributed by atoms with Crippen LogP contribution in [0.3, 0.4) is 0 Å². The van der Waals surface area contributed by atoms with E-state index in [4.69, 9.17) is 4.74 Å². The molecule has 0 spiro atoms. The minimum atomic E-state index is -0.732. The van der Waals surface area contributed by atoms with E-state index in [1.165, 1.54) is 0 Å². The number of carbonyl (C=O) groups is 2. The van der Waals surface area contributed by atoms with Gasteiger partial charge in [-0.3, -0.25) is 9.59 Å². The van der Waals surface area contributed by atoms with Crippen LogP contribution in [0.15, 0.2) is 91.0 Å². The molecule has 2 amide bonds. The number of ether oxygens (including phenoxy) is 1. The van der Waals surface area contributed by atoms with E-state index in [9.17, 15) is 9.59 Å². The summed E-state index contributed by atoms with van der Waals surface area (Å²) in [7, 11) is 1.73.